The van der Waals surface area contributed by atoms with Crippen molar-refractivity contribution in [2.24, 2.45) is 0 Å². The van der Waals surface area contributed by atoms with E-state index in [1.54, 1.807) is 6.92 Å². The van der Waals surface area contributed by atoms with Crippen LogP contribution in [0.4, 0.5) is 0 Å². The lowest BCUT2D eigenvalue weighted by molar-refractivity contribution is -0.142. The fraction of sp³-hybridized carbons (Fsp3) is 0.350. The number of aliphatic hydroxyl groups excluding tert-OH is 1. The van der Waals surface area contributed by atoms with E-state index in [1.807, 2.05) is 42.5 Å². The zero-order valence-electron chi connectivity index (χ0n) is 14.1. The van der Waals surface area contributed by atoms with Crippen molar-refractivity contribution < 1.29 is 14.6 Å². The number of carbonyl (C=O) groups is 1. The van der Waals surface area contributed by atoms with E-state index in [0.717, 1.165) is 24.1 Å². The average Bonchev–Trinajstić information content (AvgIpc) is 2.60. The van der Waals surface area contributed by atoms with Crippen LogP contribution in [-0.4, -0.2) is 30.8 Å². The summed E-state index contributed by atoms with van der Waals surface area (Å²) in [6, 6.07) is 17.7. The molecule has 4 nitrogen and oxygen atoms in total. The Hall–Kier alpha value is -2.17. The molecule has 2 rings (SSSR count). The van der Waals surface area contributed by atoms with Crippen LogP contribution in [0.15, 0.2) is 54.6 Å². The lowest BCUT2D eigenvalue weighted by Crippen LogP contribution is -2.23. The molecule has 0 aliphatic rings. The minimum Gasteiger partial charge on any atom is -0.466 e. The van der Waals surface area contributed by atoms with Gasteiger partial charge in [-0.1, -0.05) is 54.6 Å². The van der Waals surface area contributed by atoms with E-state index in [9.17, 15) is 9.90 Å². The predicted molar refractivity (Wildman–Crippen MR) is 94.8 cm³/mol. The molecule has 0 radical (unpaired) electrons. The van der Waals surface area contributed by atoms with Gasteiger partial charge in [-0.3, -0.25) is 4.79 Å². The highest BCUT2D eigenvalue weighted by Crippen LogP contribution is 2.14. The minimum atomic E-state index is -0.558. The van der Waals surface area contributed by atoms with Gasteiger partial charge in [0.1, 0.15) is 0 Å². The second-order valence-corrected chi connectivity index (χ2v) is 5.68. The summed E-state index contributed by atoms with van der Waals surface area (Å²) in [5.74, 6) is -0.228. The highest BCUT2D eigenvalue weighted by molar-refractivity contribution is 5.72. The van der Waals surface area contributed by atoms with Crippen LogP contribution in [0.25, 0.3) is 0 Å². The molecular formula is C20H25NO3. The number of nitrogens with one attached hydrogen (secondary N) is 1. The Morgan fingerprint density at radius 2 is 1.79 bits per heavy atom. The third kappa shape index (κ3) is 6.14. The standard InChI is InChI=1S/C20H25NO3/c1-2-24-20(23)14-17-8-10-18(11-9-17)19(22)15-21-13-12-16-6-4-3-5-7-16/h3-11,19,21-22H,2,12-15H2,1H3. The van der Waals surface area contributed by atoms with Gasteiger partial charge in [0.05, 0.1) is 19.1 Å². The zero-order chi connectivity index (χ0) is 17.2. The Kier molecular flexibility index (Phi) is 7.46. The van der Waals surface area contributed by atoms with E-state index in [-0.39, 0.29) is 12.4 Å². The van der Waals surface area contributed by atoms with Crippen LogP contribution in [0, 0.1) is 0 Å². The zero-order valence-corrected chi connectivity index (χ0v) is 14.1. The van der Waals surface area contributed by atoms with Crippen LogP contribution in [0.1, 0.15) is 29.7 Å². The lowest BCUT2D eigenvalue weighted by Gasteiger charge is -2.13. The Morgan fingerprint density at radius 3 is 2.46 bits per heavy atom. The third-order valence-electron chi connectivity index (χ3n) is 3.79. The molecule has 1 atom stereocenters. The van der Waals surface area contributed by atoms with Gasteiger partial charge in [-0.05, 0) is 36.6 Å². The van der Waals surface area contributed by atoms with Gasteiger partial charge in [-0.2, -0.15) is 0 Å². The van der Waals surface area contributed by atoms with Crippen molar-refractivity contribution in [3.63, 3.8) is 0 Å². The summed E-state index contributed by atoms with van der Waals surface area (Å²) in [6.45, 7) is 3.51. The highest BCUT2D eigenvalue weighted by atomic mass is 16.5. The summed E-state index contributed by atoms with van der Waals surface area (Å²) < 4.78 is 4.93. The number of rotatable bonds is 9. The lowest BCUT2D eigenvalue weighted by atomic mass is 10.1. The Labute approximate surface area is 143 Å². The quantitative estimate of drug-likeness (QED) is 0.549. The van der Waals surface area contributed by atoms with Crippen LogP contribution < -0.4 is 5.32 Å². The number of esters is 1. The van der Waals surface area contributed by atoms with Crippen LogP contribution in [-0.2, 0) is 22.4 Å². The summed E-state index contributed by atoms with van der Waals surface area (Å²) in [6.07, 6.45) is 0.642. The number of hydrogen-bond acceptors (Lipinski definition) is 4. The molecule has 0 heterocycles. The Balaban J connectivity index is 1.73. The molecule has 0 bridgehead atoms. The van der Waals surface area contributed by atoms with Gasteiger partial charge in [0, 0.05) is 6.54 Å². The molecule has 2 N–H and O–H groups in total. The first-order valence-electron chi connectivity index (χ1n) is 8.36. The van der Waals surface area contributed by atoms with Crippen molar-refractivity contribution in [1.29, 1.82) is 0 Å². The van der Waals surface area contributed by atoms with Crippen molar-refractivity contribution in [3.05, 3.63) is 71.3 Å². The molecule has 24 heavy (non-hydrogen) atoms. The first kappa shape index (κ1) is 18.2. The van der Waals surface area contributed by atoms with Crippen molar-refractivity contribution in [2.45, 2.75) is 25.9 Å². The van der Waals surface area contributed by atoms with E-state index in [1.165, 1.54) is 5.56 Å². The van der Waals surface area contributed by atoms with E-state index < -0.39 is 6.10 Å². The molecule has 4 heteroatoms. The molecule has 0 aliphatic heterocycles. The van der Waals surface area contributed by atoms with Gasteiger partial charge in [0.25, 0.3) is 0 Å². The van der Waals surface area contributed by atoms with Crippen LogP contribution in [0.2, 0.25) is 0 Å². The average molecular weight is 327 g/mol. The van der Waals surface area contributed by atoms with Crippen LogP contribution in [0.3, 0.4) is 0 Å². The molecule has 0 spiro atoms. The van der Waals surface area contributed by atoms with Gasteiger partial charge >= 0.3 is 5.97 Å². The molecule has 0 saturated carbocycles. The maximum Gasteiger partial charge on any atom is 0.310 e. The topological polar surface area (TPSA) is 58.6 Å². The first-order valence-corrected chi connectivity index (χ1v) is 8.36. The largest absolute Gasteiger partial charge is 0.466 e. The number of aliphatic hydroxyl groups is 1. The van der Waals surface area contributed by atoms with Crippen molar-refractivity contribution in [2.75, 3.05) is 19.7 Å². The molecular weight excluding hydrogens is 302 g/mol. The number of benzene rings is 2. The normalized spacial score (nSPS) is 11.9. The van der Waals surface area contributed by atoms with Gasteiger partial charge < -0.3 is 15.2 Å². The second-order valence-electron chi connectivity index (χ2n) is 5.68. The van der Waals surface area contributed by atoms with Crippen molar-refractivity contribution in [1.82, 2.24) is 5.32 Å². The fourth-order valence-electron chi connectivity index (χ4n) is 2.47. The highest BCUT2D eigenvalue weighted by Gasteiger charge is 2.08. The summed E-state index contributed by atoms with van der Waals surface area (Å²) in [4.78, 5) is 11.4. The second kappa shape index (κ2) is 9.85. The van der Waals surface area contributed by atoms with Gasteiger partial charge in [-0.25, -0.2) is 0 Å². The molecule has 0 amide bonds. The molecule has 0 saturated heterocycles. The van der Waals surface area contributed by atoms with Crippen molar-refractivity contribution in [3.8, 4) is 0 Å². The maximum atomic E-state index is 11.4. The molecule has 128 valence electrons. The van der Waals surface area contributed by atoms with E-state index >= 15 is 0 Å². The summed E-state index contributed by atoms with van der Waals surface area (Å²) >= 11 is 0. The van der Waals surface area contributed by atoms with Crippen LogP contribution in [0.5, 0.6) is 0 Å². The number of hydrogen-bond donors (Lipinski definition) is 2. The monoisotopic (exact) mass is 327 g/mol. The minimum absolute atomic E-state index is 0.228. The maximum absolute atomic E-state index is 11.4. The van der Waals surface area contributed by atoms with Crippen molar-refractivity contribution >= 4 is 5.97 Å². The fourth-order valence-corrected chi connectivity index (χ4v) is 2.47. The molecule has 0 fully saturated rings. The smallest absolute Gasteiger partial charge is 0.310 e. The molecule has 1 unspecified atom stereocenters. The third-order valence-corrected chi connectivity index (χ3v) is 3.79. The van der Waals surface area contributed by atoms with Gasteiger partial charge in [0.2, 0.25) is 0 Å². The molecule has 2 aromatic carbocycles. The SMILES string of the molecule is CCOC(=O)Cc1ccc(C(O)CNCCc2ccccc2)cc1. The number of ether oxygens (including phenoxy) is 1. The summed E-state index contributed by atoms with van der Waals surface area (Å²) in [5, 5.41) is 13.5. The van der Waals surface area contributed by atoms with Gasteiger partial charge in [0.15, 0.2) is 0 Å². The van der Waals surface area contributed by atoms with E-state index in [0.29, 0.717) is 13.2 Å². The molecule has 0 aliphatic carbocycles. The summed E-state index contributed by atoms with van der Waals surface area (Å²) in [7, 11) is 0. The van der Waals surface area contributed by atoms with E-state index in [2.05, 4.69) is 17.4 Å². The number of carbonyl (C=O) groups excluding carboxylic acids is 1. The molecule has 2 aromatic rings. The predicted octanol–water partition coefficient (Wildman–Crippen LogP) is 2.66. The first-order chi connectivity index (χ1) is 11.7. The van der Waals surface area contributed by atoms with Crippen LogP contribution >= 0.6 is 0 Å². The molecule has 0 aromatic heterocycles. The van der Waals surface area contributed by atoms with E-state index in [4.69, 9.17) is 4.74 Å². The summed E-state index contributed by atoms with van der Waals surface area (Å²) in [5.41, 5.74) is 3.01. The Morgan fingerprint density at radius 1 is 1.08 bits per heavy atom. The van der Waals surface area contributed by atoms with Gasteiger partial charge in [-0.15, -0.1) is 0 Å². The Bertz CT molecular complexity index is 611.